The van der Waals surface area contributed by atoms with Crippen molar-refractivity contribution in [3.05, 3.63) is 79.8 Å². The Morgan fingerprint density at radius 3 is 1.72 bits per heavy atom. The van der Waals surface area contributed by atoms with Gasteiger partial charge in [-0.05, 0) is 24.3 Å². The van der Waals surface area contributed by atoms with E-state index in [1.54, 1.807) is 0 Å². The number of fused-ring (bicyclic) bond motifs is 6. The smallest absolute Gasteiger partial charge is 0.341 e. The van der Waals surface area contributed by atoms with E-state index in [4.69, 9.17) is 42.1 Å². The summed E-state index contributed by atoms with van der Waals surface area (Å²) in [5, 5.41) is 18.9. The lowest BCUT2D eigenvalue weighted by Gasteiger charge is -2.37. The van der Waals surface area contributed by atoms with E-state index in [0.29, 0.717) is 0 Å². The molecule has 0 saturated heterocycles. The maximum atomic E-state index is 13.3. The van der Waals surface area contributed by atoms with Gasteiger partial charge in [-0.3, -0.25) is 9.59 Å². The fourth-order valence-corrected chi connectivity index (χ4v) is 5.28. The number of aromatic carboxylic acids is 2. The number of benzene rings is 3. The highest BCUT2D eigenvalue weighted by molar-refractivity contribution is 6.46. The van der Waals surface area contributed by atoms with Crippen molar-refractivity contribution >= 4 is 53.0 Å². The van der Waals surface area contributed by atoms with Gasteiger partial charge in [0.2, 0.25) is 0 Å². The van der Waals surface area contributed by atoms with Crippen LogP contribution in [0.5, 0.6) is 23.0 Å². The monoisotopic (exact) mass is 572 g/mol. The fraction of sp³-hybridized carbons (Fsp3) is 0.115. The minimum atomic E-state index is -2.11. The molecule has 198 valence electrons. The summed E-state index contributed by atoms with van der Waals surface area (Å²) < 4.78 is 22.1. The average molecular weight is 573 g/mol. The molecule has 0 unspecified atom stereocenters. The van der Waals surface area contributed by atoms with Gasteiger partial charge in [0, 0.05) is 42.7 Å². The van der Waals surface area contributed by atoms with Gasteiger partial charge in [0.1, 0.15) is 23.0 Å². The van der Waals surface area contributed by atoms with E-state index >= 15 is 0 Å². The number of carboxylic acids is 2. The highest BCUT2D eigenvalue weighted by Gasteiger charge is 2.58. The Balaban J connectivity index is 1.94. The van der Waals surface area contributed by atoms with E-state index < -0.39 is 67.7 Å². The summed E-state index contributed by atoms with van der Waals surface area (Å²) in [7, 11) is 0. The molecule has 2 N–H and O–H groups in total. The van der Waals surface area contributed by atoms with Crippen molar-refractivity contribution in [2.24, 2.45) is 0 Å². The third-order valence-electron chi connectivity index (χ3n) is 6.02. The quantitative estimate of drug-likeness (QED) is 0.325. The number of hydrogen-bond donors (Lipinski definition) is 2. The van der Waals surface area contributed by atoms with E-state index in [-0.39, 0.29) is 34.1 Å². The van der Waals surface area contributed by atoms with Crippen molar-refractivity contribution in [3.8, 4) is 23.0 Å². The molecule has 2 aliphatic rings. The Bertz CT molecular complexity index is 1610. The molecule has 0 atom stereocenters. The molecule has 5 rings (SSSR count). The molecule has 2 aliphatic heterocycles. The third-order valence-corrected chi connectivity index (χ3v) is 6.87. The Hall–Kier alpha value is -4.61. The predicted octanol–water partition coefficient (Wildman–Crippen LogP) is 4.81. The maximum absolute atomic E-state index is 13.3. The van der Waals surface area contributed by atoms with Crippen LogP contribution in [0.3, 0.4) is 0 Å². The molecule has 1 spiro atoms. The Labute approximate surface area is 228 Å². The van der Waals surface area contributed by atoms with Crippen molar-refractivity contribution in [1.29, 1.82) is 0 Å². The number of hydrogen-bond acceptors (Lipinski definition) is 9. The van der Waals surface area contributed by atoms with Crippen LogP contribution in [0.25, 0.3) is 0 Å². The van der Waals surface area contributed by atoms with Gasteiger partial charge < -0.3 is 29.2 Å². The number of rotatable bonds is 4. The molecule has 3 aromatic carbocycles. The van der Waals surface area contributed by atoms with Crippen LogP contribution in [0.4, 0.5) is 0 Å². The van der Waals surface area contributed by atoms with Crippen LogP contribution in [0, 0.1) is 0 Å². The molecular formula is C26H14Cl2O11. The molecule has 0 radical (unpaired) electrons. The predicted molar refractivity (Wildman–Crippen MR) is 131 cm³/mol. The topological polar surface area (TPSA) is 163 Å². The second-order valence-electron chi connectivity index (χ2n) is 8.41. The lowest BCUT2D eigenvalue weighted by atomic mass is 9.75. The lowest BCUT2D eigenvalue weighted by molar-refractivity contribution is -0.132. The maximum Gasteiger partial charge on any atom is 0.341 e. The summed E-state index contributed by atoms with van der Waals surface area (Å²) in [5.74, 6) is -5.79. The van der Waals surface area contributed by atoms with Crippen LogP contribution in [0.15, 0.2) is 36.4 Å². The number of ether oxygens (including phenoxy) is 4. The molecule has 0 amide bonds. The second-order valence-corrected chi connectivity index (χ2v) is 9.17. The summed E-state index contributed by atoms with van der Waals surface area (Å²) in [6.45, 7) is 2.35. The average Bonchev–Trinajstić information content (AvgIpc) is 3.12. The van der Waals surface area contributed by atoms with E-state index in [9.17, 15) is 34.2 Å². The fourth-order valence-electron chi connectivity index (χ4n) is 4.75. The number of halogens is 2. The van der Waals surface area contributed by atoms with E-state index in [1.165, 1.54) is 50.2 Å². The Morgan fingerprint density at radius 1 is 0.795 bits per heavy atom. The van der Waals surface area contributed by atoms with Crippen molar-refractivity contribution in [3.63, 3.8) is 0 Å². The Kier molecular flexibility index (Phi) is 6.00. The van der Waals surface area contributed by atoms with Crippen molar-refractivity contribution in [1.82, 2.24) is 0 Å². The van der Waals surface area contributed by atoms with Gasteiger partial charge in [-0.15, -0.1) is 0 Å². The zero-order valence-electron chi connectivity index (χ0n) is 19.8. The van der Waals surface area contributed by atoms with Gasteiger partial charge in [-0.25, -0.2) is 14.4 Å². The molecule has 0 aromatic heterocycles. The molecule has 13 heteroatoms. The minimum Gasteiger partial charge on any atom is -0.478 e. The van der Waals surface area contributed by atoms with Crippen LogP contribution in [-0.4, -0.2) is 40.1 Å². The second kappa shape index (κ2) is 9.00. The van der Waals surface area contributed by atoms with Crippen LogP contribution in [-0.2, 0) is 19.9 Å². The van der Waals surface area contributed by atoms with Gasteiger partial charge in [0.05, 0.1) is 26.7 Å². The lowest BCUT2D eigenvalue weighted by Crippen LogP contribution is -2.35. The largest absolute Gasteiger partial charge is 0.478 e. The SMILES string of the molecule is CC(=O)Oc1ccc2c(c1)Oc1cc(OC(C)=O)ccc1C21OC(=O)c2c(Cl)c(Cl)c(C(=O)O)c(C(=O)O)c21. The molecule has 0 bridgehead atoms. The Morgan fingerprint density at radius 2 is 1.28 bits per heavy atom. The first kappa shape index (κ1) is 26.0. The number of carbonyl (C=O) groups excluding carboxylic acids is 3. The standard InChI is InChI=1S/C26H14Cl2O11/c1-9(29)36-11-3-5-13-15(7-11)38-16-8-12(37-10(2)30)4-6-14(16)26(13)20-17(23(31)32)18(24(33)34)21(27)22(28)19(20)25(35)39-26/h3-8H,1-2H3,(H,31,32)(H,33,34). The third kappa shape index (κ3) is 3.85. The van der Waals surface area contributed by atoms with Crippen molar-refractivity contribution in [2.45, 2.75) is 19.4 Å². The van der Waals surface area contributed by atoms with Crippen LogP contribution >= 0.6 is 23.2 Å². The molecule has 39 heavy (non-hydrogen) atoms. The molecule has 3 aromatic rings. The van der Waals surface area contributed by atoms with Crippen LogP contribution < -0.4 is 14.2 Å². The van der Waals surface area contributed by atoms with Gasteiger partial charge in [-0.2, -0.15) is 0 Å². The summed E-state index contributed by atoms with van der Waals surface area (Å²) in [6.07, 6.45) is 0. The van der Waals surface area contributed by atoms with E-state index in [0.717, 1.165) is 0 Å². The van der Waals surface area contributed by atoms with E-state index in [1.807, 2.05) is 0 Å². The number of carboxylic acid groups (broad SMARTS) is 2. The molecule has 11 nitrogen and oxygen atoms in total. The minimum absolute atomic E-state index is 0.0406. The van der Waals surface area contributed by atoms with Gasteiger partial charge in [0.25, 0.3) is 0 Å². The number of esters is 3. The van der Waals surface area contributed by atoms with E-state index in [2.05, 4.69) is 0 Å². The van der Waals surface area contributed by atoms with Crippen molar-refractivity contribution < 1.29 is 53.1 Å². The molecule has 0 saturated carbocycles. The summed E-state index contributed by atoms with van der Waals surface area (Å²) in [6, 6.07) is 8.03. The van der Waals surface area contributed by atoms with Crippen LogP contribution in [0.1, 0.15) is 61.6 Å². The number of carbonyl (C=O) groups is 5. The van der Waals surface area contributed by atoms with Crippen molar-refractivity contribution in [2.75, 3.05) is 0 Å². The molecular weight excluding hydrogens is 559 g/mol. The molecule has 0 aliphatic carbocycles. The zero-order valence-corrected chi connectivity index (χ0v) is 21.3. The first-order valence-corrected chi connectivity index (χ1v) is 11.7. The summed E-state index contributed by atoms with van der Waals surface area (Å²) in [4.78, 5) is 61.2. The van der Waals surface area contributed by atoms with Crippen LogP contribution in [0.2, 0.25) is 10.0 Å². The highest BCUT2D eigenvalue weighted by atomic mass is 35.5. The normalized spacial score (nSPS) is 13.9. The first-order valence-electron chi connectivity index (χ1n) is 11.0. The summed E-state index contributed by atoms with van der Waals surface area (Å²) in [5.41, 5.74) is -4.50. The first-order chi connectivity index (χ1) is 18.4. The summed E-state index contributed by atoms with van der Waals surface area (Å²) >= 11 is 12.5. The zero-order chi connectivity index (χ0) is 28.4. The molecule has 2 heterocycles. The van der Waals surface area contributed by atoms with Gasteiger partial charge in [-0.1, -0.05) is 23.2 Å². The van der Waals surface area contributed by atoms with Gasteiger partial charge >= 0.3 is 29.8 Å². The molecule has 0 fully saturated rings. The highest BCUT2D eigenvalue weighted by Crippen LogP contribution is 2.59. The van der Waals surface area contributed by atoms with Gasteiger partial charge in [0.15, 0.2) is 5.60 Å².